The molecule has 0 unspecified atom stereocenters. The molecule has 4 heteroatoms. The quantitative estimate of drug-likeness (QED) is 0.198. The number of thioether (sulfide) groups is 1. The zero-order valence-electron chi connectivity index (χ0n) is 24.2. The Bertz CT molecular complexity index is 1580. The van der Waals surface area contributed by atoms with Gasteiger partial charge in [0.2, 0.25) is 0 Å². The normalized spacial score (nSPS) is 16.6. The summed E-state index contributed by atoms with van der Waals surface area (Å²) in [5.74, 6) is 2.27. The molecular weight excluding hydrogens is 532 g/mol. The van der Waals surface area contributed by atoms with Gasteiger partial charge in [0, 0.05) is 50.8 Å². The molecule has 1 saturated heterocycles. The lowest BCUT2D eigenvalue weighted by atomic mass is 9.96. The van der Waals surface area contributed by atoms with Crippen molar-refractivity contribution in [1.82, 2.24) is 9.80 Å². The number of hydrogen-bond donors (Lipinski definition) is 0. The molecule has 212 valence electrons. The van der Waals surface area contributed by atoms with Crippen molar-refractivity contribution >= 4 is 54.9 Å². The maximum Gasteiger partial charge on any atom is 0.0594 e. The molecule has 0 atom stereocenters. The van der Waals surface area contributed by atoms with Crippen molar-refractivity contribution in [3.05, 3.63) is 120 Å². The van der Waals surface area contributed by atoms with Gasteiger partial charge >= 0.3 is 0 Å². The molecule has 1 aliphatic rings. The molecule has 1 aliphatic heterocycles. The van der Waals surface area contributed by atoms with Crippen LogP contribution in [0.3, 0.4) is 0 Å². The lowest BCUT2D eigenvalue weighted by Crippen LogP contribution is -2.34. The third-order valence-corrected chi connectivity index (χ3v) is 9.68. The maximum atomic E-state index is 6.30. The fourth-order valence-electron chi connectivity index (χ4n) is 6.52. The Morgan fingerprint density at radius 3 is 1.21 bits per heavy atom. The van der Waals surface area contributed by atoms with Gasteiger partial charge in [-0.2, -0.15) is 11.8 Å². The third-order valence-electron chi connectivity index (χ3n) is 8.74. The molecular formula is C38H38N2OS. The standard InChI is InChI=1S/C38H38N2OS/c1-5-13-33-29(9-1)25-30-10-2-6-14-34(30)37(33)27-39-17-21-41-22-18-40(20-24-42-23-19-39)28-38-35-15-7-3-11-31(35)26-32-12-4-8-16-36(32)38/h1-16,25-26H,17-24,27-28H2. The fraction of sp³-hybridized carbons (Fsp3) is 0.263. The monoisotopic (exact) mass is 570 g/mol. The highest BCUT2D eigenvalue weighted by Crippen LogP contribution is 2.31. The van der Waals surface area contributed by atoms with E-state index in [1.165, 1.54) is 54.2 Å². The Labute approximate surface area is 253 Å². The second kappa shape index (κ2) is 12.8. The van der Waals surface area contributed by atoms with Gasteiger partial charge in [-0.15, -0.1) is 0 Å². The van der Waals surface area contributed by atoms with Gasteiger partial charge in [0.1, 0.15) is 0 Å². The van der Waals surface area contributed by atoms with Gasteiger partial charge in [-0.25, -0.2) is 0 Å². The smallest absolute Gasteiger partial charge is 0.0594 e. The number of hydrogen-bond acceptors (Lipinski definition) is 4. The minimum atomic E-state index is 0.762. The molecule has 0 radical (unpaired) electrons. The van der Waals surface area contributed by atoms with Crippen LogP contribution in [0.5, 0.6) is 0 Å². The first kappa shape index (κ1) is 27.4. The van der Waals surface area contributed by atoms with Gasteiger partial charge in [-0.05, 0) is 66.3 Å². The second-order valence-electron chi connectivity index (χ2n) is 11.4. The van der Waals surface area contributed by atoms with Crippen LogP contribution in [0.4, 0.5) is 0 Å². The molecule has 0 amide bonds. The van der Waals surface area contributed by atoms with Crippen LogP contribution in [0.2, 0.25) is 0 Å². The topological polar surface area (TPSA) is 15.7 Å². The average Bonchev–Trinajstić information content (AvgIpc) is 3.02. The van der Waals surface area contributed by atoms with E-state index in [0.717, 1.165) is 64.0 Å². The van der Waals surface area contributed by atoms with Crippen molar-refractivity contribution in [3.63, 3.8) is 0 Å². The molecule has 0 spiro atoms. The van der Waals surface area contributed by atoms with Crippen molar-refractivity contribution in [1.29, 1.82) is 0 Å². The van der Waals surface area contributed by atoms with E-state index < -0.39 is 0 Å². The molecule has 0 bridgehead atoms. The summed E-state index contributed by atoms with van der Waals surface area (Å²) in [5.41, 5.74) is 2.88. The van der Waals surface area contributed by atoms with Crippen LogP contribution in [0, 0.1) is 0 Å². The summed E-state index contributed by atoms with van der Waals surface area (Å²) in [5, 5.41) is 10.8. The highest BCUT2D eigenvalue weighted by Gasteiger charge is 2.16. The molecule has 1 fully saturated rings. The second-order valence-corrected chi connectivity index (χ2v) is 12.6. The van der Waals surface area contributed by atoms with E-state index in [2.05, 4.69) is 131 Å². The predicted molar refractivity (Wildman–Crippen MR) is 182 cm³/mol. The number of ether oxygens (including phenoxy) is 1. The Morgan fingerprint density at radius 2 is 0.833 bits per heavy atom. The molecule has 0 aromatic heterocycles. The van der Waals surface area contributed by atoms with Crippen molar-refractivity contribution in [2.45, 2.75) is 13.1 Å². The van der Waals surface area contributed by atoms with Crippen molar-refractivity contribution < 1.29 is 4.74 Å². The molecule has 1 heterocycles. The average molecular weight is 571 g/mol. The van der Waals surface area contributed by atoms with Gasteiger partial charge in [0.25, 0.3) is 0 Å². The van der Waals surface area contributed by atoms with Gasteiger partial charge in [-0.1, -0.05) is 97.1 Å². The molecule has 0 saturated carbocycles. The van der Waals surface area contributed by atoms with E-state index in [9.17, 15) is 0 Å². The van der Waals surface area contributed by atoms with E-state index >= 15 is 0 Å². The molecule has 42 heavy (non-hydrogen) atoms. The zero-order valence-corrected chi connectivity index (χ0v) is 25.0. The molecule has 6 aromatic rings. The van der Waals surface area contributed by atoms with Crippen molar-refractivity contribution in [2.75, 3.05) is 50.9 Å². The number of fused-ring (bicyclic) bond motifs is 4. The summed E-state index contributed by atoms with van der Waals surface area (Å²) in [6.45, 7) is 7.46. The lowest BCUT2D eigenvalue weighted by Gasteiger charge is -2.27. The van der Waals surface area contributed by atoms with E-state index in [1.807, 2.05) is 0 Å². The summed E-state index contributed by atoms with van der Waals surface area (Å²) in [7, 11) is 0. The minimum Gasteiger partial charge on any atom is -0.379 e. The highest BCUT2D eigenvalue weighted by molar-refractivity contribution is 7.99. The van der Waals surface area contributed by atoms with Crippen LogP contribution in [-0.4, -0.2) is 60.7 Å². The van der Waals surface area contributed by atoms with Crippen LogP contribution in [-0.2, 0) is 17.8 Å². The van der Waals surface area contributed by atoms with E-state index in [-0.39, 0.29) is 0 Å². The fourth-order valence-corrected chi connectivity index (χ4v) is 7.50. The van der Waals surface area contributed by atoms with Gasteiger partial charge in [0.15, 0.2) is 0 Å². The SMILES string of the molecule is c1ccc2c(CN3CCOCCN(Cc4c5ccccc5cc5ccccc45)CCSCC3)c3ccccc3cc2c1. The summed E-state index contributed by atoms with van der Waals surface area (Å²) in [4.78, 5) is 5.20. The lowest BCUT2D eigenvalue weighted by molar-refractivity contribution is 0.0822. The summed E-state index contributed by atoms with van der Waals surface area (Å²) in [6, 6.07) is 40.0. The van der Waals surface area contributed by atoms with Crippen molar-refractivity contribution in [3.8, 4) is 0 Å². The first-order valence-corrected chi connectivity index (χ1v) is 16.4. The molecule has 3 nitrogen and oxygen atoms in total. The Hall–Kier alpha value is -3.41. The van der Waals surface area contributed by atoms with Crippen LogP contribution in [0.15, 0.2) is 109 Å². The van der Waals surface area contributed by atoms with Gasteiger partial charge < -0.3 is 4.74 Å². The zero-order chi connectivity index (χ0) is 28.1. The highest BCUT2D eigenvalue weighted by atomic mass is 32.2. The number of benzene rings is 6. The molecule has 0 N–H and O–H groups in total. The summed E-state index contributed by atoms with van der Waals surface area (Å²) in [6.07, 6.45) is 0. The summed E-state index contributed by atoms with van der Waals surface area (Å²) < 4.78 is 6.30. The van der Waals surface area contributed by atoms with Crippen LogP contribution in [0.1, 0.15) is 11.1 Å². The van der Waals surface area contributed by atoms with Gasteiger partial charge in [-0.3, -0.25) is 9.80 Å². The van der Waals surface area contributed by atoms with Gasteiger partial charge in [0.05, 0.1) is 13.2 Å². The Balaban J connectivity index is 1.06. The number of nitrogens with zero attached hydrogens (tertiary/aromatic N) is 2. The molecule has 7 rings (SSSR count). The van der Waals surface area contributed by atoms with Crippen molar-refractivity contribution in [2.24, 2.45) is 0 Å². The van der Waals surface area contributed by atoms with E-state index in [4.69, 9.17) is 4.74 Å². The molecule has 0 aliphatic carbocycles. The molecule has 6 aromatic carbocycles. The number of rotatable bonds is 4. The van der Waals surface area contributed by atoms with E-state index in [0.29, 0.717) is 0 Å². The maximum absolute atomic E-state index is 6.30. The van der Waals surface area contributed by atoms with Crippen LogP contribution < -0.4 is 0 Å². The van der Waals surface area contributed by atoms with E-state index in [1.54, 1.807) is 0 Å². The third kappa shape index (κ3) is 5.91. The summed E-state index contributed by atoms with van der Waals surface area (Å²) >= 11 is 2.09. The minimum absolute atomic E-state index is 0.762. The van der Waals surface area contributed by atoms with Crippen LogP contribution >= 0.6 is 11.8 Å². The Kier molecular flexibility index (Phi) is 8.39. The predicted octanol–water partition coefficient (Wildman–Crippen LogP) is 8.37. The largest absolute Gasteiger partial charge is 0.379 e. The first-order chi connectivity index (χ1) is 20.8. The Morgan fingerprint density at radius 1 is 0.476 bits per heavy atom. The first-order valence-electron chi connectivity index (χ1n) is 15.2. The van der Waals surface area contributed by atoms with Crippen LogP contribution in [0.25, 0.3) is 43.1 Å².